The standard InChI is InChI=1S/C15H11BrClFO/c16-11-2-1-3-12(18)14(11)15(17)10-4-5-13-9(8-10)6-7-19-13/h1-5,8,15H,6-7H2. The molecule has 1 nitrogen and oxygen atoms in total. The van der Waals surface area contributed by atoms with E-state index < -0.39 is 5.38 Å². The monoisotopic (exact) mass is 340 g/mol. The number of benzene rings is 2. The highest BCUT2D eigenvalue weighted by Crippen LogP contribution is 2.38. The highest BCUT2D eigenvalue weighted by molar-refractivity contribution is 9.10. The van der Waals surface area contributed by atoms with Crippen LogP contribution < -0.4 is 4.74 Å². The van der Waals surface area contributed by atoms with Crippen LogP contribution in [0.3, 0.4) is 0 Å². The van der Waals surface area contributed by atoms with Crippen LogP contribution in [0.5, 0.6) is 5.75 Å². The van der Waals surface area contributed by atoms with Crippen molar-refractivity contribution in [3.05, 3.63) is 63.4 Å². The summed E-state index contributed by atoms with van der Waals surface area (Å²) in [6.45, 7) is 0.704. The minimum Gasteiger partial charge on any atom is -0.493 e. The van der Waals surface area contributed by atoms with Crippen LogP contribution in [0.25, 0.3) is 0 Å². The lowest BCUT2D eigenvalue weighted by molar-refractivity contribution is 0.357. The maximum Gasteiger partial charge on any atom is 0.129 e. The number of hydrogen-bond donors (Lipinski definition) is 0. The SMILES string of the molecule is Fc1cccc(Br)c1C(Cl)c1ccc2c(c1)CCO2. The molecule has 0 saturated heterocycles. The van der Waals surface area contributed by atoms with Crippen LogP contribution in [0.15, 0.2) is 40.9 Å². The molecule has 0 aliphatic carbocycles. The van der Waals surface area contributed by atoms with Gasteiger partial charge in [0, 0.05) is 16.5 Å². The average Bonchev–Trinajstić information content (AvgIpc) is 2.85. The fourth-order valence-corrected chi connectivity index (χ4v) is 3.34. The van der Waals surface area contributed by atoms with Crippen molar-refractivity contribution in [1.29, 1.82) is 0 Å². The van der Waals surface area contributed by atoms with Gasteiger partial charge in [-0.2, -0.15) is 0 Å². The predicted molar refractivity (Wildman–Crippen MR) is 77.4 cm³/mol. The topological polar surface area (TPSA) is 9.23 Å². The van der Waals surface area contributed by atoms with Gasteiger partial charge in [-0.25, -0.2) is 4.39 Å². The van der Waals surface area contributed by atoms with E-state index in [1.54, 1.807) is 12.1 Å². The van der Waals surface area contributed by atoms with E-state index in [4.69, 9.17) is 16.3 Å². The first-order valence-corrected chi connectivity index (χ1v) is 7.23. The zero-order chi connectivity index (χ0) is 13.4. The first-order valence-electron chi connectivity index (χ1n) is 6.00. The van der Waals surface area contributed by atoms with Gasteiger partial charge in [-0.15, -0.1) is 11.6 Å². The molecular weight excluding hydrogens is 331 g/mol. The van der Waals surface area contributed by atoms with Crippen LogP contribution in [0, 0.1) is 5.82 Å². The third-order valence-corrected chi connectivity index (χ3v) is 4.42. The first kappa shape index (κ1) is 12.9. The minimum atomic E-state index is -0.513. The second-order valence-corrected chi connectivity index (χ2v) is 5.75. The van der Waals surface area contributed by atoms with Gasteiger partial charge in [0.25, 0.3) is 0 Å². The summed E-state index contributed by atoms with van der Waals surface area (Å²) in [7, 11) is 0. The molecule has 19 heavy (non-hydrogen) atoms. The molecule has 2 aromatic rings. The third-order valence-electron chi connectivity index (χ3n) is 3.26. The van der Waals surface area contributed by atoms with Gasteiger partial charge in [-0.1, -0.05) is 34.1 Å². The van der Waals surface area contributed by atoms with Crippen molar-refractivity contribution in [2.75, 3.05) is 6.61 Å². The van der Waals surface area contributed by atoms with Crippen LogP contribution in [0.2, 0.25) is 0 Å². The van der Waals surface area contributed by atoms with E-state index in [1.807, 2.05) is 18.2 Å². The molecule has 2 aromatic carbocycles. The molecule has 0 bridgehead atoms. The lowest BCUT2D eigenvalue weighted by atomic mass is 10.0. The molecule has 1 heterocycles. The van der Waals surface area contributed by atoms with Gasteiger partial charge in [-0.3, -0.25) is 0 Å². The Kier molecular flexibility index (Phi) is 3.50. The summed E-state index contributed by atoms with van der Waals surface area (Å²) >= 11 is 9.79. The molecular formula is C15H11BrClFO. The maximum atomic E-state index is 13.9. The van der Waals surface area contributed by atoms with Crippen molar-refractivity contribution in [1.82, 2.24) is 0 Å². The summed E-state index contributed by atoms with van der Waals surface area (Å²) in [5.74, 6) is 0.603. The average molecular weight is 342 g/mol. The molecule has 0 spiro atoms. The molecule has 0 N–H and O–H groups in total. The van der Waals surface area contributed by atoms with Gasteiger partial charge in [0.1, 0.15) is 11.6 Å². The molecule has 1 atom stereocenters. The molecule has 0 saturated carbocycles. The number of alkyl halides is 1. The second kappa shape index (κ2) is 5.14. The maximum absolute atomic E-state index is 13.9. The number of hydrogen-bond acceptors (Lipinski definition) is 1. The number of halogens is 3. The van der Waals surface area contributed by atoms with Crippen molar-refractivity contribution >= 4 is 27.5 Å². The van der Waals surface area contributed by atoms with E-state index in [2.05, 4.69) is 15.9 Å². The lowest BCUT2D eigenvalue weighted by Gasteiger charge is -2.14. The van der Waals surface area contributed by atoms with Crippen LogP contribution in [-0.2, 0) is 6.42 Å². The zero-order valence-electron chi connectivity index (χ0n) is 10.00. The fraction of sp³-hybridized carbons (Fsp3) is 0.200. The molecule has 4 heteroatoms. The van der Waals surface area contributed by atoms with Crippen LogP contribution >= 0.6 is 27.5 Å². The Bertz CT molecular complexity index is 609. The van der Waals surface area contributed by atoms with Crippen molar-refractivity contribution in [2.45, 2.75) is 11.8 Å². The van der Waals surface area contributed by atoms with Crippen LogP contribution in [0.1, 0.15) is 22.1 Å². The summed E-state index contributed by atoms with van der Waals surface area (Å²) < 4.78 is 20.1. The Morgan fingerprint density at radius 2 is 2.11 bits per heavy atom. The smallest absolute Gasteiger partial charge is 0.129 e. The summed E-state index contributed by atoms with van der Waals surface area (Å²) in [5.41, 5.74) is 2.50. The summed E-state index contributed by atoms with van der Waals surface area (Å²) in [6.07, 6.45) is 0.880. The first-order chi connectivity index (χ1) is 9.16. The molecule has 0 radical (unpaired) electrons. The van der Waals surface area contributed by atoms with Gasteiger partial charge < -0.3 is 4.74 Å². The van der Waals surface area contributed by atoms with Gasteiger partial charge in [0.2, 0.25) is 0 Å². The zero-order valence-corrected chi connectivity index (χ0v) is 12.3. The number of rotatable bonds is 2. The largest absolute Gasteiger partial charge is 0.493 e. The molecule has 1 aliphatic rings. The summed E-state index contributed by atoms with van der Waals surface area (Å²) in [6, 6.07) is 10.7. The van der Waals surface area contributed by atoms with Crippen LogP contribution in [0.4, 0.5) is 4.39 Å². The van der Waals surface area contributed by atoms with Crippen molar-refractivity contribution in [3.8, 4) is 5.75 Å². The van der Waals surface area contributed by atoms with Crippen molar-refractivity contribution in [3.63, 3.8) is 0 Å². The molecule has 1 unspecified atom stereocenters. The van der Waals surface area contributed by atoms with E-state index in [0.29, 0.717) is 16.6 Å². The molecule has 0 fully saturated rings. The van der Waals surface area contributed by atoms with Crippen LogP contribution in [-0.4, -0.2) is 6.61 Å². The minimum absolute atomic E-state index is 0.300. The summed E-state index contributed by atoms with van der Waals surface area (Å²) in [5, 5.41) is -0.513. The molecule has 0 amide bonds. The van der Waals surface area contributed by atoms with E-state index in [9.17, 15) is 4.39 Å². The van der Waals surface area contributed by atoms with E-state index in [1.165, 1.54) is 6.07 Å². The highest BCUT2D eigenvalue weighted by atomic mass is 79.9. The Labute approximate surface area is 124 Å². The Morgan fingerprint density at radius 3 is 2.89 bits per heavy atom. The Hall–Kier alpha value is -1.06. The molecule has 1 aliphatic heterocycles. The summed E-state index contributed by atoms with van der Waals surface area (Å²) in [4.78, 5) is 0. The second-order valence-electron chi connectivity index (χ2n) is 4.46. The lowest BCUT2D eigenvalue weighted by Crippen LogP contribution is -1.99. The van der Waals surface area contributed by atoms with E-state index in [-0.39, 0.29) is 5.82 Å². The van der Waals surface area contributed by atoms with E-state index >= 15 is 0 Å². The van der Waals surface area contributed by atoms with E-state index in [0.717, 1.165) is 23.3 Å². The molecule has 0 aromatic heterocycles. The van der Waals surface area contributed by atoms with Crippen molar-refractivity contribution in [2.24, 2.45) is 0 Å². The molecule has 98 valence electrons. The predicted octanol–water partition coefficient (Wildman–Crippen LogP) is 4.85. The Morgan fingerprint density at radius 1 is 1.26 bits per heavy atom. The number of fused-ring (bicyclic) bond motifs is 1. The normalized spacial score (nSPS) is 14.9. The third kappa shape index (κ3) is 2.37. The van der Waals surface area contributed by atoms with Gasteiger partial charge >= 0.3 is 0 Å². The van der Waals surface area contributed by atoms with Crippen molar-refractivity contribution < 1.29 is 9.13 Å². The Balaban J connectivity index is 2.02. The van der Waals surface area contributed by atoms with Gasteiger partial charge in [0.15, 0.2) is 0 Å². The highest BCUT2D eigenvalue weighted by Gasteiger charge is 2.21. The van der Waals surface area contributed by atoms with Gasteiger partial charge in [-0.05, 0) is 29.3 Å². The van der Waals surface area contributed by atoms with Gasteiger partial charge in [0.05, 0.1) is 12.0 Å². The quantitative estimate of drug-likeness (QED) is 0.709. The number of ether oxygens (including phenoxy) is 1. The molecule has 3 rings (SSSR count). The fourth-order valence-electron chi connectivity index (χ4n) is 2.28.